The maximum atomic E-state index is 12.5. The van der Waals surface area contributed by atoms with E-state index in [9.17, 15) is 9.59 Å². The van der Waals surface area contributed by atoms with Gasteiger partial charge in [-0.05, 0) is 42.2 Å². The normalized spacial score (nSPS) is 13.3. The van der Waals surface area contributed by atoms with Crippen molar-refractivity contribution in [3.05, 3.63) is 89.0 Å². The lowest BCUT2D eigenvalue weighted by atomic mass is 10.0. The molecule has 1 aliphatic rings. The van der Waals surface area contributed by atoms with Crippen LogP contribution in [0, 0.1) is 0 Å². The van der Waals surface area contributed by atoms with Crippen LogP contribution in [0.2, 0.25) is 0 Å². The van der Waals surface area contributed by atoms with Crippen LogP contribution >= 0.6 is 0 Å². The number of fused-ring (bicyclic) bond motifs is 1. The summed E-state index contributed by atoms with van der Waals surface area (Å²) in [5.74, 6) is -0.243. The molecular weight excluding hydrogens is 378 g/mol. The minimum atomic E-state index is -0.190. The van der Waals surface area contributed by atoms with E-state index in [-0.39, 0.29) is 11.8 Å². The number of nitrogens with one attached hydrogen (secondary N) is 2. The summed E-state index contributed by atoms with van der Waals surface area (Å²) in [6.07, 6.45) is 8.21. The van der Waals surface area contributed by atoms with Gasteiger partial charge in [0, 0.05) is 37.1 Å². The summed E-state index contributed by atoms with van der Waals surface area (Å²) >= 11 is 0. The molecule has 0 bridgehead atoms. The summed E-state index contributed by atoms with van der Waals surface area (Å²) in [4.78, 5) is 30.8. The molecule has 0 spiro atoms. The third-order valence-electron chi connectivity index (χ3n) is 5.13. The number of benzene rings is 1. The number of carbonyl (C=O) groups excluding carboxylic acids is 2. The van der Waals surface area contributed by atoms with Crippen molar-refractivity contribution in [3.63, 3.8) is 0 Å². The molecule has 30 heavy (non-hydrogen) atoms. The second-order valence-electron chi connectivity index (χ2n) is 7.14. The number of hydrogen-bond acceptors (Lipinski definition) is 4. The van der Waals surface area contributed by atoms with Crippen molar-refractivity contribution < 1.29 is 9.59 Å². The van der Waals surface area contributed by atoms with Crippen molar-refractivity contribution in [2.24, 2.45) is 0 Å². The van der Waals surface area contributed by atoms with Gasteiger partial charge in [0.1, 0.15) is 0 Å². The molecular formula is C23H23N5O2. The first-order valence-corrected chi connectivity index (χ1v) is 9.96. The van der Waals surface area contributed by atoms with Crippen LogP contribution in [0.5, 0.6) is 0 Å². The molecule has 0 saturated carbocycles. The number of nitrogens with zero attached hydrogens (tertiary/aromatic N) is 3. The van der Waals surface area contributed by atoms with Crippen molar-refractivity contribution >= 4 is 17.9 Å². The fourth-order valence-electron chi connectivity index (χ4n) is 3.48. The summed E-state index contributed by atoms with van der Waals surface area (Å²) in [6.45, 7) is 1.51. The molecule has 0 unspecified atom stereocenters. The molecule has 1 aromatic carbocycles. The van der Waals surface area contributed by atoms with Gasteiger partial charge in [-0.15, -0.1) is 0 Å². The lowest BCUT2D eigenvalue weighted by Crippen LogP contribution is -2.35. The third kappa shape index (κ3) is 4.63. The van der Waals surface area contributed by atoms with Crippen LogP contribution in [0.1, 0.15) is 32.9 Å². The van der Waals surface area contributed by atoms with Gasteiger partial charge >= 0.3 is 0 Å². The van der Waals surface area contributed by atoms with Gasteiger partial charge in [-0.2, -0.15) is 5.10 Å². The zero-order valence-electron chi connectivity index (χ0n) is 16.5. The van der Waals surface area contributed by atoms with Crippen LogP contribution in [0.25, 0.3) is 6.08 Å². The highest BCUT2D eigenvalue weighted by Crippen LogP contribution is 2.20. The minimum absolute atomic E-state index is 0.0533. The molecule has 2 N–H and O–H groups in total. The van der Waals surface area contributed by atoms with E-state index in [1.54, 1.807) is 23.4 Å². The third-order valence-corrected chi connectivity index (χ3v) is 5.13. The maximum absolute atomic E-state index is 12.5. The Labute approximate surface area is 174 Å². The Morgan fingerprint density at radius 3 is 2.73 bits per heavy atom. The van der Waals surface area contributed by atoms with Gasteiger partial charge in [0.15, 0.2) is 5.69 Å². The number of pyridine rings is 1. The van der Waals surface area contributed by atoms with Crippen LogP contribution in [0.15, 0.2) is 60.9 Å². The van der Waals surface area contributed by atoms with E-state index in [4.69, 9.17) is 0 Å². The van der Waals surface area contributed by atoms with Gasteiger partial charge < -0.3 is 10.2 Å². The van der Waals surface area contributed by atoms with E-state index >= 15 is 0 Å². The Bertz CT molecular complexity index is 1040. The first-order chi connectivity index (χ1) is 14.7. The Morgan fingerprint density at radius 1 is 1.13 bits per heavy atom. The quantitative estimate of drug-likeness (QED) is 0.621. The first kappa shape index (κ1) is 19.6. The average molecular weight is 401 g/mol. The number of aromatic amines is 1. The standard InChI is InChI=1S/C23H23N5O2/c29-21(7-6-17-4-2-1-3-5-17)28-15-11-19-20(16-28)26-27-22(19)23(30)25-14-10-18-8-12-24-13-9-18/h1-9,12-13H,10-11,14-16H2,(H,25,30)(H,26,27)/b7-6+. The van der Waals surface area contributed by atoms with Crippen molar-refractivity contribution in [2.75, 3.05) is 13.1 Å². The Morgan fingerprint density at radius 2 is 1.93 bits per heavy atom. The molecule has 2 aromatic heterocycles. The van der Waals surface area contributed by atoms with Crippen molar-refractivity contribution in [1.82, 2.24) is 25.4 Å². The lowest BCUT2D eigenvalue weighted by molar-refractivity contribution is -0.126. The van der Waals surface area contributed by atoms with Gasteiger partial charge in [-0.25, -0.2) is 0 Å². The molecule has 1 aliphatic heterocycles. The molecule has 0 saturated heterocycles. The number of aromatic nitrogens is 3. The number of hydrogen-bond donors (Lipinski definition) is 2. The second kappa shape index (κ2) is 9.17. The first-order valence-electron chi connectivity index (χ1n) is 9.96. The van der Waals surface area contributed by atoms with Crippen LogP contribution in [0.3, 0.4) is 0 Å². The summed E-state index contributed by atoms with van der Waals surface area (Å²) in [7, 11) is 0. The maximum Gasteiger partial charge on any atom is 0.272 e. The molecule has 0 fully saturated rings. The fraction of sp³-hybridized carbons (Fsp3) is 0.217. The van der Waals surface area contributed by atoms with Crippen LogP contribution in [0.4, 0.5) is 0 Å². The minimum Gasteiger partial charge on any atom is -0.350 e. The van der Waals surface area contributed by atoms with E-state index in [0.717, 1.165) is 28.8 Å². The Hall–Kier alpha value is -3.74. The number of H-pyrrole nitrogens is 1. The molecule has 2 amide bonds. The zero-order valence-corrected chi connectivity index (χ0v) is 16.5. The van der Waals surface area contributed by atoms with Gasteiger partial charge in [0.05, 0.1) is 12.2 Å². The molecule has 7 nitrogen and oxygen atoms in total. The molecule has 3 heterocycles. The summed E-state index contributed by atoms with van der Waals surface area (Å²) in [5.41, 5.74) is 4.24. The highest BCUT2D eigenvalue weighted by Gasteiger charge is 2.26. The summed E-state index contributed by atoms with van der Waals surface area (Å²) in [5, 5.41) is 10.1. The molecule has 7 heteroatoms. The van der Waals surface area contributed by atoms with Crippen molar-refractivity contribution in [1.29, 1.82) is 0 Å². The molecule has 0 radical (unpaired) electrons. The monoisotopic (exact) mass is 401 g/mol. The van der Waals surface area contributed by atoms with E-state index in [0.29, 0.717) is 31.7 Å². The van der Waals surface area contributed by atoms with Crippen LogP contribution in [-0.4, -0.2) is 45.0 Å². The van der Waals surface area contributed by atoms with Crippen molar-refractivity contribution in [3.8, 4) is 0 Å². The molecule has 152 valence electrons. The lowest BCUT2D eigenvalue weighted by Gasteiger charge is -2.25. The van der Waals surface area contributed by atoms with E-state index in [1.807, 2.05) is 48.5 Å². The van der Waals surface area contributed by atoms with E-state index in [1.165, 1.54) is 0 Å². The molecule has 4 rings (SSSR count). The number of rotatable bonds is 6. The highest BCUT2D eigenvalue weighted by molar-refractivity contribution is 5.94. The SMILES string of the molecule is O=C(NCCc1ccncc1)c1n[nH]c2c1CCN(C(=O)/C=C/c1ccccc1)C2. The molecule has 0 aliphatic carbocycles. The molecule has 3 aromatic rings. The van der Waals surface area contributed by atoms with Gasteiger partial charge in [-0.1, -0.05) is 30.3 Å². The van der Waals surface area contributed by atoms with Gasteiger partial charge in [0.25, 0.3) is 5.91 Å². The average Bonchev–Trinajstić information content (AvgIpc) is 3.22. The predicted octanol–water partition coefficient (Wildman–Crippen LogP) is 2.38. The number of carbonyl (C=O) groups is 2. The zero-order chi connectivity index (χ0) is 20.8. The second-order valence-corrected chi connectivity index (χ2v) is 7.14. The van der Waals surface area contributed by atoms with Crippen molar-refractivity contribution in [2.45, 2.75) is 19.4 Å². The van der Waals surface area contributed by atoms with Gasteiger partial charge in [-0.3, -0.25) is 19.7 Å². The number of amides is 2. The summed E-state index contributed by atoms with van der Waals surface area (Å²) in [6, 6.07) is 13.6. The smallest absolute Gasteiger partial charge is 0.272 e. The van der Waals surface area contributed by atoms with Crippen LogP contribution in [-0.2, 0) is 24.2 Å². The topological polar surface area (TPSA) is 91.0 Å². The van der Waals surface area contributed by atoms with Crippen LogP contribution < -0.4 is 5.32 Å². The largest absolute Gasteiger partial charge is 0.350 e. The van der Waals surface area contributed by atoms with E-state index < -0.39 is 0 Å². The fourth-order valence-corrected chi connectivity index (χ4v) is 3.48. The van der Waals surface area contributed by atoms with E-state index in [2.05, 4.69) is 20.5 Å². The Kier molecular flexibility index (Phi) is 5.98. The van der Waals surface area contributed by atoms with Gasteiger partial charge in [0.2, 0.25) is 5.91 Å². The Balaban J connectivity index is 1.34. The predicted molar refractivity (Wildman–Crippen MR) is 113 cm³/mol. The molecule has 0 atom stereocenters. The summed E-state index contributed by atoms with van der Waals surface area (Å²) < 4.78 is 0. The highest BCUT2D eigenvalue weighted by atomic mass is 16.2.